The molecule has 2 aromatic rings. The van der Waals surface area contributed by atoms with Crippen LogP contribution in [0.15, 0.2) is 23.7 Å². The molecule has 10 nitrogen and oxygen atoms in total. The molecule has 6 rings (SSSR count). The molecule has 4 aliphatic rings. The summed E-state index contributed by atoms with van der Waals surface area (Å²) in [5.41, 5.74) is 7.81. The summed E-state index contributed by atoms with van der Waals surface area (Å²) in [6.07, 6.45) is 9.78. The summed E-state index contributed by atoms with van der Waals surface area (Å²) in [7, 11) is 2.14. The zero-order chi connectivity index (χ0) is 28.7. The number of hydrogen-bond donors (Lipinski definition) is 3. The minimum atomic E-state index is -0.460. The fourth-order valence-electron chi connectivity index (χ4n) is 7.14. The van der Waals surface area contributed by atoms with Crippen LogP contribution in [0.25, 0.3) is 0 Å². The van der Waals surface area contributed by atoms with Gasteiger partial charge in [0, 0.05) is 54.3 Å². The van der Waals surface area contributed by atoms with Crippen molar-refractivity contribution in [1.29, 1.82) is 10.7 Å². The molecule has 11 heteroatoms. The molecule has 3 saturated heterocycles. The van der Waals surface area contributed by atoms with E-state index in [1.807, 2.05) is 18.4 Å². The molecule has 41 heavy (non-hydrogen) atoms. The third-order valence-electron chi connectivity index (χ3n) is 9.27. The van der Waals surface area contributed by atoms with E-state index in [0.717, 1.165) is 87.5 Å². The molecule has 1 aliphatic carbocycles. The van der Waals surface area contributed by atoms with Crippen LogP contribution in [0.5, 0.6) is 0 Å². The van der Waals surface area contributed by atoms with Crippen molar-refractivity contribution in [3.05, 3.63) is 40.4 Å². The molecule has 3 aliphatic heterocycles. The van der Waals surface area contributed by atoms with Gasteiger partial charge in [-0.05, 0) is 64.2 Å². The second kappa shape index (κ2) is 11.2. The molecule has 4 N–H and O–H groups in total. The molecule has 0 radical (unpaired) electrons. The summed E-state index contributed by atoms with van der Waals surface area (Å²) in [5.74, 6) is 1.60. The van der Waals surface area contributed by atoms with Crippen molar-refractivity contribution in [2.75, 3.05) is 55.3 Å². The second-order valence-corrected chi connectivity index (χ2v) is 13.2. The molecule has 2 unspecified atom stereocenters. The van der Waals surface area contributed by atoms with Gasteiger partial charge in [-0.3, -0.25) is 5.41 Å². The number of amidine groups is 1. The Morgan fingerprint density at radius 2 is 2.15 bits per heavy atom. The number of thiophene rings is 1. The number of likely N-dealkylation sites (N-methyl/N-ethyl adjacent to an activating group) is 1. The molecule has 0 amide bonds. The van der Waals surface area contributed by atoms with Crippen LogP contribution >= 0.6 is 11.3 Å². The van der Waals surface area contributed by atoms with Crippen LogP contribution in [0, 0.1) is 16.7 Å². The summed E-state index contributed by atoms with van der Waals surface area (Å²) >= 11 is 1.51. The van der Waals surface area contributed by atoms with E-state index in [9.17, 15) is 5.26 Å². The summed E-state index contributed by atoms with van der Waals surface area (Å²) in [6, 6.07) is 5.22. The van der Waals surface area contributed by atoms with Crippen molar-refractivity contribution in [3.63, 3.8) is 0 Å². The number of aromatic nitrogens is 2. The first-order chi connectivity index (χ1) is 19.8. The molecular weight excluding hydrogens is 532 g/mol. The van der Waals surface area contributed by atoms with Gasteiger partial charge in [-0.2, -0.15) is 10.2 Å². The Hall–Kier alpha value is -3.33. The van der Waals surface area contributed by atoms with Crippen LogP contribution in [0.4, 0.5) is 16.8 Å². The number of rotatable bonds is 5. The summed E-state index contributed by atoms with van der Waals surface area (Å²) in [4.78, 5) is 22.9. The van der Waals surface area contributed by atoms with Crippen molar-refractivity contribution >= 4 is 40.2 Å². The first-order valence-corrected chi connectivity index (χ1v) is 15.6. The molecule has 4 atom stereocenters. The number of nitriles is 1. The zero-order valence-corrected chi connectivity index (χ0v) is 24.9. The molecule has 0 spiro atoms. The predicted molar refractivity (Wildman–Crippen MR) is 167 cm³/mol. The van der Waals surface area contributed by atoms with Crippen molar-refractivity contribution in [3.8, 4) is 6.07 Å². The number of nitrogens with two attached hydrogens (primary N) is 1. The molecule has 0 bridgehead atoms. The minimum Gasteiger partial charge on any atom is -0.389 e. The summed E-state index contributed by atoms with van der Waals surface area (Å²) in [5, 5.41) is 23.1. The molecule has 0 aromatic carbocycles. The van der Waals surface area contributed by atoms with Gasteiger partial charge in [0.1, 0.15) is 22.6 Å². The average Bonchev–Trinajstić information content (AvgIpc) is 3.64. The van der Waals surface area contributed by atoms with E-state index in [-0.39, 0.29) is 11.9 Å². The van der Waals surface area contributed by atoms with Gasteiger partial charge in [0.05, 0.1) is 11.6 Å². The molecule has 0 saturated carbocycles. The third-order valence-corrected chi connectivity index (χ3v) is 10.3. The molecule has 216 valence electrons. The number of fused-ring (bicyclic) bond motifs is 2. The van der Waals surface area contributed by atoms with E-state index in [2.05, 4.69) is 46.6 Å². The number of nitrogens with zero attached hydrogens (tertiary/aromatic N) is 7. The van der Waals surface area contributed by atoms with Crippen molar-refractivity contribution in [2.45, 2.75) is 69.0 Å². The number of hydrogen-bond acceptors (Lipinski definition) is 10. The van der Waals surface area contributed by atoms with E-state index in [4.69, 9.17) is 26.1 Å². The van der Waals surface area contributed by atoms with Crippen molar-refractivity contribution < 1.29 is 0 Å². The van der Waals surface area contributed by atoms with Gasteiger partial charge in [0.25, 0.3) is 0 Å². The fourth-order valence-corrected chi connectivity index (χ4v) is 8.34. The Morgan fingerprint density at radius 3 is 2.95 bits per heavy atom. The van der Waals surface area contributed by atoms with E-state index in [1.165, 1.54) is 11.3 Å². The molecule has 5 heterocycles. The van der Waals surface area contributed by atoms with Crippen molar-refractivity contribution in [2.24, 2.45) is 4.99 Å². The smallest absolute Gasteiger partial charge is 0.228 e. The van der Waals surface area contributed by atoms with E-state index in [1.54, 1.807) is 0 Å². The zero-order valence-electron chi connectivity index (χ0n) is 24.1. The Kier molecular flexibility index (Phi) is 7.57. The van der Waals surface area contributed by atoms with Crippen LogP contribution < -0.4 is 20.9 Å². The summed E-state index contributed by atoms with van der Waals surface area (Å²) < 4.78 is 0. The van der Waals surface area contributed by atoms with E-state index >= 15 is 0 Å². The topological polar surface area (TPSA) is 134 Å². The minimum absolute atomic E-state index is 0.0794. The predicted octanol–water partition coefficient (Wildman–Crippen LogP) is 3.32. The summed E-state index contributed by atoms with van der Waals surface area (Å²) in [6.45, 7) is 10.9. The van der Waals surface area contributed by atoms with Crippen LogP contribution in [0.2, 0.25) is 0 Å². The maximum Gasteiger partial charge on any atom is 0.228 e. The Balaban J connectivity index is 1.37. The highest BCUT2D eigenvalue weighted by Gasteiger charge is 2.39. The van der Waals surface area contributed by atoms with Crippen LogP contribution in [-0.4, -0.2) is 84.8 Å². The van der Waals surface area contributed by atoms with Gasteiger partial charge in [-0.15, -0.1) is 17.9 Å². The number of nitrogens with one attached hydrogen (secondary N) is 2. The third kappa shape index (κ3) is 5.13. The van der Waals surface area contributed by atoms with Crippen LogP contribution in [0.1, 0.15) is 60.7 Å². The van der Waals surface area contributed by atoms with E-state index < -0.39 is 5.41 Å². The molecule has 2 aromatic heterocycles. The lowest BCUT2D eigenvalue weighted by Gasteiger charge is -2.31. The van der Waals surface area contributed by atoms with Gasteiger partial charge < -0.3 is 25.8 Å². The fraction of sp³-hybridized carbons (Fsp3) is 0.567. The van der Waals surface area contributed by atoms with Gasteiger partial charge in [-0.1, -0.05) is 13.0 Å². The number of anilines is 3. The average molecular weight is 573 g/mol. The quantitative estimate of drug-likeness (QED) is 0.282. The van der Waals surface area contributed by atoms with Gasteiger partial charge in [0.2, 0.25) is 5.95 Å². The highest BCUT2D eigenvalue weighted by molar-refractivity contribution is 7.16. The lowest BCUT2D eigenvalue weighted by atomic mass is 9.73. The maximum atomic E-state index is 9.83. The highest BCUT2D eigenvalue weighted by Crippen LogP contribution is 2.44. The largest absolute Gasteiger partial charge is 0.389 e. The van der Waals surface area contributed by atoms with Crippen LogP contribution in [0.3, 0.4) is 0 Å². The first-order valence-electron chi connectivity index (χ1n) is 14.7. The lowest BCUT2D eigenvalue weighted by Crippen LogP contribution is -2.40. The Morgan fingerprint density at radius 1 is 1.29 bits per heavy atom. The van der Waals surface area contributed by atoms with Crippen molar-refractivity contribution in [1.82, 2.24) is 20.2 Å². The Bertz CT molecular complexity index is 1410. The van der Waals surface area contributed by atoms with Crippen LogP contribution in [-0.2, 0) is 11.8 Å². The highest BCUT2D eigenvalue weighted by atomic mass is 32.1. The maximum absolute atomic E-state index is 9.83. The van der Waals surface area contributed by atoms with E-state index in [0.29, 0.717) is 34.3 Å². The number of aryl methyl sites for hydroxylation is 1. The number of nitrogen functional groups attached to an aromatic ring is 1. The molecule has 3 fully saturated rings. The second-order valence-electron chi connectivity index (χ2n) is 12.1. The lowest BCUT2D eigenvalue weighted by molar-refractivity contribution is 0.345. The van der Waals surface area contributed by atoms with Gasteiger partial charge in [-0.25, -0.2) is 9.98 Å². The van der Waals surface area contributed by atoms with Gasteiger partial charge in [0.15, 0.2) is 5.84 Å². The SMILES string of the molecule is C=C[C@H]1CN(C)CCCN1c1nc(C(=N)N=C[C@@]2(C)CCCc3sc(N)c(C#N)c32)cc(N2CCC3NCCC32)n1. The standard InChI is InChI=1S/C30H40N10S/c1-4-19-17-38(3)12-6-13-39(19)29-36-22(15-25(37-29)40-14-9-21-23(40)8-11-34-21)27(32)35-18-30(2)10-5-7-24-26(30)20(16-31)28(33)41-24/h4,15,18-19,21,23,32,34H,1,5-14,17,33H2,2-3H3/t19-,21?,23?,30+/m0/s1. The monoisotopic (exact) mass is 572 g/mol. The number of aliphatic imine (C=N–C) groups is 1. The van der Waals surface area contributed by atoms with Gasteiger partial charge >= 0.3 is 0 Å². The normalized spacial score (nSPS) is 28.4. The first kappa shape index (κ1) is 27.8. The Labute approximate surface area is 246 Å². The molecular formula is C30H40N10S.